The maximum atomic E-state index is 13.4. The lowest BCUT2D eigenvalue weighted by atomic mass is 10.1. The van der Waals surface area contributed by atoms with Gasteiger partial charge in [0, 0.05) is 64.3 Å². The number of nitrogens with zero attached hydrogens (tertiary/aromatic N) is 6. The number of anilines is 1. The van der Waals surface area contributed by atoms with Crippen LogP contribution >= 0.6 is 0 Å². The lowest BCUT2D eigenvalue weighted by molar-refractivity contribution is -0.132. The number of likely N-dealkylation sites (N-methyl/N-ethyl adjacent to an activating group) is 1. The summed E-state index contributed by atoms with van der Waals surface area (Å²) in [4.78, 5) is 55.8. The molecule has 0 spiro atoms. The van der Waals surface area contributed by atoms with Crippen molar-refractivity contribution in [1.82, 2.24) is 30.0 Å². The van der Waals surface area contributed by atoms with E-state index in [4.69, 9.17) is 9.47 Å². The molecule has 0 saturated carbocycles. The molecule has 6 rings (SSSR count). The highest BCUT2D eigenvalue weighted by atomic mass is 16.5. The molecule has 2 fully saturated rings. The molecule has 3 aromatic rings. The molecule has 230 valence electrons. The molecular weight excluding hydrogens is 562 g/mol. The summed E-state index contributed by atoms with van der Waals surface area (Å²) in [6, 6.07) is 14.2. The van der Waals surface area contributed by atoms with Gasteiger partial charge in [0.25, 0.3) is 5.91 Å². The predicted molar refractivity (Wildman–Crippen MR) is 162 cm³/mol. The Kier molecular flexibility index (Phi) is 8.71. The fraction of sp³-hybridized carbons (Fsp3) is 0.406. The third-order valence-corrected chi connectivity index (χ3v) is 8.28. The summed E-state index contributed by atoms with van der Waals surface area (Å²) in [6.07, 6.45) is 3.05. The van der Waals surface area contributed by atoms with Gasteiger partial charge in [-0.2, -0.15) is 0 Å². The van der Waals surface area contributed by atoms with Crippen molar-refractivity contribution in [3.63, 3.8) is 0 Å². The van der Waals surface area contributed by atoms with Gasteiger partial charge in [-0.1, -0.05) is 18.2 Å². The Labute approximate surface area is 256 Å². The zero-order chi connectivity index (χ0) is 30.6. The normalized spacial score (nSPS) is 21.5. The van der Waals surface area contributed by atoms with Crippen LogP contribution in [0.15, 0.2) is 60.9 Å². The van der Waals surface area contributed by atoms with Gasteiger partial charge in [-0.25, -0.2) is 9.97 Å². The first-order chi connectivity index (χ1) is 21.3. The molecule has 0 radical (unpaired) electrons. The molecule has 12 nitrogen and oxygen atoms in total. The van der Waals surface area contributed by atoms with E-state index in [0.717, 1.165) is 37.3 Å². The van der Waals surface area contributed by atoms with E-state index in [0.29, 0.717) is 36.1 Å². The van der Waals surface area contributed by atoms with Crippen molar-refractivity contribution in [2.24, 2.45) is 0 Å². The predicted octanol–water partition coefficient (Wildman–Crippen LogP) is 1.70. The molecule has 44 heavy (non-hydrogen) atoms. The van der Waals surface area contributed by atoms with Gasteiger partial charge in [0.2, 0.25) is 17.8 Å². The fourth-order valence-corrected chi connectivity index (χ4v) is 5.77. The van der Waals surface area contributed by atoms with Gasteiger partial charge >= 0.3 is 0 Å². The van der Waals surface area contributed by atoms with E-state index in [1.807, 2.05) is 37.3 Å². The summed E-state index contributed by atoms with van der Waals surface area (Å²) in [5.74, 6) is 1.28. The van der Waals surface area contributed by atoms with E-state index in [1.54, 1.807) is 42.5 Å². The average molecular weight is 600 g/mol. The second kappa shape index (κ2) is 13.0. The van der Waals surface area contributed by atoms with E-state index in [2.05, 4.69) is 25.1 Å². The maximum Gasteiger partial charge on any atom is 0.254 e. The average Bonchev–Trinajstić information content (AvgIpc) is 3.43. The zero-order valence-electron chi connectivity index (χ0n) is 25.0. The van der Waals surface area contributed by atoms with Gasteiger partial charge in [-0.15, -0.1) is 0 Å². The van der Waals surface area contributed by atoms with Crippen LogP contribution in [0, 0.1) is 6.92 Å². The third kappa shape index (κ3) is 6.81. The SMILES string of the molecule is Cc1ccc2cc1Oc1cccc(c1)CO[C@H]1CN(C(=O)CN3CCN(c4ncccn4)CC3)C[C@@H]1NC(=O)CN(C)C2=O. The Morgan fingerprint density at radius 2 is 1.80 bits per heavy atom. The summed E-state index contributed by atoms with van der Waals surface area (Å²) in [5, 5.41) is 3.04. The number of aromatic nitrogens is 2. The number of carbonyl (C=O) groups is 3. The largest absolute Gasteiger partial charge is 0.457 e. The van der Waals surface area contributed by atoms with Crippen molar-refractivity contribution >= 4 is 23.7 Å². The molecule has 4 bridgehead atoms. The van der Waals surface area contributed by atoms with Gasteiger partial charge in [-0.05, 0) is 48.4 Å². The maximum absolute atomic E-state index is 13.4. The van der Waals surface area contributed by atoms with Crippen molar-refractivity contribution in [2.75, 3.05) is 64.3 Å². The van der Waals surface area contributed by atoms with E-state index in [9.17, 15) is 14.4 Å². The van der Waals surface area contributed by atoms with Crippen LogP contribution in [0.1, 0.15) is 21.5 Å². The second-order valence-electron chi connectivity index (χ2n) is 11.5. The number of rotatable bonds is 3. The standard InChI is InChI=1S/C32H37N7O5/c1-22-7-8-24-16-27(22)44-25-6-3-5-23(15-25)21-43-28-18-39(17-26(28)35-29(40)19-36(2)31(24)42)30(41)20-37-11-13-38(14-12-37)32-33-9-4-10-34-32/h3-10,15-16,26,28H,11-14,17-21H2,1-2H3,(H,35,40)/t26-,28-/m0/s1. The second-order valence-corrected chi connectivity index (χ2v) is 11.5. The number of hydrogen-bond donors (Lipinski definition) is 1. The van der Waals surface area contributed by atoms with Gasteiger partial charge in [0.1, 0.15) is 11.5 Å². The Balaban J connectivity index is 1.14. The van der Waals surface area contributed by atoms with Crippen molar-refractivity contribution in [3.8, 4) is 11.5 Å². The van der Waals surface area contributed by atoms with Crippen LogP contribution in [-0.2, 0) is 20.9 Å². The minimum absolute atomic E-state index is 0.0111. The van der Waals surface area contributed by atoms with Crippen molar-refractivity contribution in [2.45, 2.75) is 25.7 Å². The van der Waals surface area contributed by atoms with Gasteiger partial charge < -0.3 is 29.5 Å². The molecule has 0 unspecified atom stereocenters. The molecule has 0 aliphatic carbocycles. The third-order valence-electron chi connectivity index (χ3n) is 8.28. The highest BCUT2D eigenvalue weighted by Crippen LogP contribution is 2.28. The highest BCUT2D eigenvalue weighted by Gasteiger charge is 2.38. The van der Waals surface area contributed by atoms with Crippen LogP contribution in [0.25, 0.3) is 0 Å². The molecule has 3 amide bonds. The number of carbonyl (C=O) groups excluding carboxylic acids is 3. The molecule has 1 aromatic heterocycles. The lowest BCUT2D eigenvalue weighted by Crippen LogP contribution is -2.50. The Morgan fingerprint density at radius 3 is 2.59 bits per heavy atom. The van der Waals surface area contributed by atoms with Gasteiger partial charge in [0.05, 0.1) is 31.8 Å². The van der Waals surface area contributed by atoms with E-state index in [-0.39, 0.29) is 37.4 Å². The van der Waals surface area contributed by atoms with E-state index < -0.39 is 12.1 Å². The zero-order valence-corrected chi connectivity index (χ0v) is 25.0. The van der Waals surface area contributed by atoms with Crippen LogP contribution in [-0.4, -0.2) is 114 Å². The lowest BCUT2D eigenvalue weighted by Gasteiger charge is -2.34. The first-order valence-corrected chi connectivity index (χ1v) is 14.9. The topological polar surface area (TPSA) is 120 Å². The first kappa shape index (κ1) is 29.5. The van der Waals surface area contributed by atoms with Gasteiger partial charge in [0.15, 0.2) is 0 Å². The number of amides is 3. The summed E-state index contributed by atoms with van der Waals surface area (Å²) in [5.41, 5.74) is 2.21. The smallest absolute Gasteiger partial charge is 0.254 e. The first-order valence-electron chi connectivity index (χ1n) is 14.9. The van der Waals surface area contributed by atoms with Crippen molar-refractivity contribution in [1.29, 1.82) is 0 Å². The molecule has 12 heteroatoms. The van der Waals surface area contributed by atoms with Crippen LogP contribution in [0.2, 0.25) is 0 Å². The Hall–Kier alpha value is -4.55. The van der Waals surface area contributed by atoms with Crippen LogP contribution < -0.4 is 15.0 Å². The fourth-order valence-electron chi connectivity index (χ4n) is 5.77. The molecule has 4 heterocycles. The van der Waals surface area contributed by atoms with Crippen LogP contribution in [0.4, 0.5) is 5.95 Å². The number of benzene rings is 2. The monoisotopic (exact) mass is 599 g/mol. The Bertz CT molecular complexity index is 1510. The molecular formula is C32H37N7O5. The number of piperazine rings is 1. The number of likely N-dealkylation sites (tertiary alicyclic amines) is 1. The summed E-state index contributed by atoms with van der Waals surface area (Å²) in [6.45, 7) is 5.96. The number of aryl methyl sites for hydroxylation is 1. The molecule has 1 N–H and O–H groups in total. The number of ether oxygens (including phenoxy) is 2. The number of hydrogen-bond acceptors (Lipinski definition) is 9. The van der Waals surface area contributed by atoms with Crippen molar-refractivity contribution in [3.05, 3.63) is 77.6 Å². The quantitative estimate of drug-likeness (QED) is 0.480. The van der Waals surface area contributed by atoms with Crippen molar-refractivity contribution < 1.29 is 23.9 Å². The molecule has 2 saturated heterocycles. The summed E-state index contributed by atoms with van der Waals surface area (Å²) >= 11 is 0. The molecule has 3 aliphatic rings. The minimum atomic E-state index is -0.416. The van der Waals surface area contributed by atoms with Crippen LogP contribution in [0.5, 0.6) is 11.5 Å². The summed E-state index contributed by atoms with van der Waals surface area (Å²) in [7, 11) is 1.59. The number of nitrogens with one attached hydrogen (secondary N) is 1. The van der Waals surface area contributed by atoms with E-state index in [1.165, 1.54) is 4.90 Å². The molecule has 2 aromatic carbocycles. The number of fused-ring (bicyclic) bond motifs is 5. The Morgan fingerprint density at radius 1 is 1.00 bits per heavy atom. The summed E-state index contributed by atoms with van der Waals surface area (Å²) < 4.78 is 12.5. The molecule has 3 aliphatic heterocycles. The van der Waals surface area contributed by atoms with E-state index >= 15 is 0 Å². The molecule has 2 atom stereocenters. The van der Waals surface area contributed by atoms with Gasteiger partial charge in [-0.3, -0.25) is 19.3 Å². The van der Waals surface area contributed by atoms with Crippen LogP contribution in [0.3, 0.4) is 0 Å². The highest BCUT2D eigenvalue weighted by molar-refractivity contribution is 5.96. The minimum Gasteiger partial charge on any atom is -0.457 e.